The standard InChI is InChI=1S/C21H23FN2O3/c1-14(16-6-8-17(9-7-16)21(26)27)23-20(25)19-3-2-12-24(19)13-15-4-10-18(22)11-5-15/h4-11,14,19H,2-3,12-13H2,1H3,(H,23,25)(H,26,27)/t14-,19+/m0/s1. The molecule has 0 aliphatic carbocycles. The summed E-state index contributed by atoms with van der Waals surface area (Å²) in [5.41, 5.74) is 2.06. The highest BCUT2D eigenvalue weighted by Gasteiger charge is 2.31. The lowest BCUT2D eigenvalue weighted by atomic mass is 10.1. The second-order valence-corrected chi connectivity index (χ2v) is 6.91. The lowest BCUT2D eigenvalue weighted by Gasteiger charge is -2.25. The molecule has 1 aliphatic heterocycles. The summed E-state index contributed by atoms with van der Waals surface area (Å²) in [5, 5.41) is 12.0. The Morgan fingerprint density at radius 2 is 1.85 bits per heavy atom. The molecule has 1 aliphatic rings. The summed E-state index contributed by atoms with van der Waals surface area (Å²) >= 11 is 0. The Morgan fingerprint density at radius 3 is 2.48 bits per heavy atom. The number of amides is 1. The Bertz CT molecular complexity index is 805. The molecule has 3 rings (SSSR count). The van der Waals surface area contributed by atoms with Crippen LogP contribution >= 0.6 is 0 Å². The first-order valence-corrected chi connectivity index (χ1v) is 9.06. The van der Waals surface area contributed by atoms with Gasteiger partial charge in [0.05, 0.1) is 17.6 Å². The summed E-state index contributed by atoms with van der Waals surface area (Å²) in [5.74, 6) is -1.28. The maximum Gasteiger partial charge on any atom is 0.335 e. The predicted molar refractivity (Wildman–Crippen MR) is 99.8 cm³/mol. The summed E-state index contributed by atoms with van der Waals surface area (Å²) < 4.78 is 13.1. The summed E-state index contributed by atoms with van der Waals surface area (Å²) in [6.07, 6.45) is 1.73. The summed E-state index contributed by atoms with van der Waals surface area (Å²) in [7, 11) is 0. The lowest BCUT2D eigenvalue weighted by Crippen LogP contribution is -2.43. The van der Waals surface area contributed by atoms with E-state index in [9.17, 15) is 14.0 Å². The topological polar surface area (TPSA) is 69.6 Å². The van der Waals surface area contributed by atoms with Crippen molar-refractivity contribution in [2.24, 2.45) is 0 Å². The Kier molecular flexibility index (Phi) is 5.86. The number of likely N-dealkylation sites (tertiary alicyclic amines) is 1. The Labute approximate surface area is 157 Å². The molecule has 142 valence electrons. The van der Waals surface area contributed by atoms with E-state index in [0.29, 0.717) is 6.54 Å². The normalized spacial score (nSPS) is 18.2. The summed E-state index contributed by atoms with van der Waals surface area (Å²) in [4.78, 5) is 25.8. The van der Waals surface area contributed by atoms with Gasteiger partial charge in [-0.2, -0.15) is 0 Å². The van der Waals surface area contributed by atoms with Gasteiger partial charge in [0.2, 0.25) is 5.91 Å². The molecule has 1 fully saturated rings. The zero-order valence-electron chi connectivity index (χ0n) is 15.2. The number of hydrogen-bond donors (Lipinski definition) is 2. The van der Waals surface area contributed by atoms with Crippen LogP contribution in [0.15, 0.2) is 48.5 Å². The highest BCUT2D eigenvalue weighted by atomic mass is 19.1. The van der Waals surface area contributed by atoms with E-state index in [4.69, 9.17) is 5.11 Å². The van der Waals surface area contributed by atoms with Gasteiger partial charge in [0, 0.05) is 6.54 Å². The van der Waals surface area contributed by atoms with Gasteiger partial charge in [-0.1, -0.05) is 24.3 Å². The molecule has 0 bridgehead atoms. The van der Waals surface area contributed by atoms with Gasteiger partial charge in [0.25, 0.3) is 0 Å². The predicted octanol–water partition coefficient (Wildman–Crippen LogP) is 3.37. The van der Waals surface area contributed by atoms with E-state index >= 15 is 0 Å². The van der Waals surface area contributed by atoms with Gasteiger partial charge in [0.15, 0.2) is 0 Å². The van der Waals surface area contributed by atoms with Crippen LogP contribution < -0.4 is 5.32 Å². The minimum absolute atomic E-state index is 0.0376. The maximum absolute atomic E-state index is 13.1. The van der Waals surface area contributed by atoms with Crippen molar-refractivity contribution < 1.29 is 19.1 Å². The third-order valence-corrected chi connectivity index (χ3v) is 4.98. The molecule has 1 saturated heterocycles. The molecular formula is C21H23FN2O3. The molecular weight excluding hydrogens is 347 g/mol. The Morgan fingerprint density at radius 1 is 1.19 bits per heavy atom. The van der Waals surface area contributed by atoms with Crippen LogP contribution in [-0.2, 0) is 11.3 Å². The molecule has 0 spiro atoms. The number of halogens is 1. The minimum atomic E-state index is -0.972. The van der Waals surface area contributed by atoms with Crippen LogP contribution in [0.2, 0.25) is 0 Å². The number of carboxylic acids is 1. The number of carbonyl (C=O) groups excluding carboxylic acids is 1. The summed E-state index contributed by atoms with van der Waals surface area (Å²) in [6, 6.07) is 12.5. The van der Waals surface area contributed by atoms with Crippen molar-refractivity contribution >= 4 is 11.9 Å². The third kappa shape index (κ3) is 4.71. The number of carbonyl (C=O) groups is 2. The average molecular weight is 370 g/mol. The van der Waals surface area contributed by atoms with E-state index in [2.05, 4.69) is 10.2 Å². The largest absolute Gasteiger partial charge is 0.478 e. The molecule has 1 heterocycles. The fraction of sp³-hybridized carbons (Fsp3) is 0.333. The molecule has 0 saturated carbocycles. The van der Waals surface area contributed by atoms with E-state index in [1.54, 1.807) is 24.3 Å². The van der Waals surface area contributed by atoms with E-state index in [-0.39, 0.29) is 29.4 Å². The first-order chi connectivity index (χ1) is 12.9. The number of rotatable bonds is 6. The molecule has 1 amide bonds. The number of aromatic carboxylic acids is 1. The first kappa shape index (κ1) is 19.0. The third-order valence-electron chi connectivity index (χ3n) is 4.98. The van der Waals surface area contributed by atoms with Gasteiger partial charge in [-0.25, -0.2) is 9.18 Å². The zero-order chi connectivity index (χ0) is 19.4. The Balaban J connectivity index is 1.61. The molecule has 6 heteroatoms. The molecule has 2 N–H and O–H groups in total. The number of hydrogen-bond acceptors (Lipinski definition) is 3. The second kappa shape index (κ2) is 8.31. The number of nitrogens with zero attached hydrogens (tertiary/aromatic N) is 1. The zero-order valence-corrected chi connectivity index (χ0v) is 15.2. The molecule has 2 atom stereocenters. The lowest BCUT2D eigenvalue weighted by molar-refractivity contribution is -0.126. The van der Waals surface area contributed by atoms with Crippen molar-refractivity contribution in [2.45, 2.75) is 38.4 Å². The van der Waals surface area contributed by atoms with Crippen LogP contribution in [0.1, 0.15) is 47.3 Å². The first-order valence-electron chi connectivity index (χ1n) is 9.06. The van der Waals surface area contributed by atoms with Gasteiger partial charge >= 0.3 is 5.97 Å². The quantitative estimate of drug-likeness (QED) is 0.818. The van der Waals surface area contributed by atoms with Gasteiger partial charge < -0.3 is 10.4 Å². The number of benzene rings is 2. The van der Waals surface area contributed by atoms with Crippen molar-refractivity contribution in [3.05, 3.63) is 71.0 Å². The van der Waals surface area contributed by atoms with E-state index in [1.165, 1.54) is 24.3 Å². The highest BCUT2D eigenvalue weighted by molar-refractivity contribution is 5.87. The van der Waals surface area contributed by atoms with Gasteiger partial charge in [0.1, 0.15) is 5.82 Å². The van der Waals surface area contributed by atoms with Crippen molar-refractivity contribution in [1.29, 1.82) is 0 Å². The second-order valence-electron chi connectivity index (χ2n) is 6.91. The van der Waals surface area contributed by atoms with Crippen molar-refractivity contribution in [1.82, 2.24) is 10.2 Å². The van der Waals surface area contributed by atoms with Crippen molar-refractivity contribution in [3.63, 3.8) is 0 Å². The van der Waals surface area contributed by atoms with E-state index in [1.807, 2.05) is 6.92 Å². The van der Waals surface area contributed by atoms with Crippen LogP contribution in [-0.4, -0.2) is 34.5 Å². The van der Waals surface area contributed by atoms with Crippen LogP contribution in [0.4, 0.5) is 4.39 Å². The maximum atomic E-state index is 13.1. The van der Waals surface area contributed by atoms with Crippen LogP contribution in [0, 0.1) is 5.82 Å². The smallest absolute Gasteiger partial charge is 0.335 e. The average Bonchev–Trinajstić information content (AvgIpc) is 3.12. The van der Waals surface area contributed by atoms with E-state index < -0.39 is 5.97 Å². The van der Waals surface area contributed by atoms with Crippen molar-refractivity contribution in [2.75, 3.05) is 6.54 Å². The fourth-order valence-electron chi connectivity index (χ4n) is 3.44. The van der Waals surface area contributed by atoms with Crippen LogP contribution in [0.25, 0.3) is 0 Å². The molecule has 5 nitrogen and oxygen atoms in total. The fourth-order valence-corrected chi connectivity index (χ4v) is 3.44. The number of nitrogens with one attached hydrogen (secondary N) is 1. The molecule has 0 unspecified atom stereocenters. The number of carboxylic acid groups (broad SMARTS) is 1. The van der Waals surface area contributed by atoms with E-state index in [0.717, 1.165) is 30.5 Å². The highest BCUT2D eigenvalue weighted by Crippen LogP contribution is 2.22. The SMILES string of the molecule is C[C@H](NC(=O)[C@H]1CCCN1Cc1ccc(F)cc1)c1ccc(C(=O)O)cc1. The minimum Gasteiger partial charge on any atom is -0.478 e. The molecule has 0 aromatic heterocycles. The van der Waals surface area contributed by atoms with Gasteiger partial charge in [-0.05, 0) is 61.7 Å². The van der Waals surface area contributed by atoms with Gasteiger partial charge in [-0.3, -0.25) is 9.69 Å². The molecule has 0 radical (unpaired) electrons. The Hall–Kier alpha value is -2.73. The van der Waals surface area contributed by atoms with Crippen LogP contribution in [0.3, 0.4) is 0 Å². The van der Waals surface area contributed by atoms with Crippen molar-refractivity contribution in [3.8, 4) is 0 Å². The molecule has 27 heavy (non-hydrogen) atoms. The monoisotopic (exact) mass is 370 g/mol. The van der Waals surface area contributed by atoms with Gasteiger partial charge in [-0.15, -0.1) is 0 Å². The van der Waals surface area contributed by atoms with Crippen LogP contribution in [0.5, 0.6) is 0 Å². The molecule has 2 aromatic rings. The molecule has 2 aromatic carbocycles. The summed E-state index contributed by atoms with van der Waals surface area (Å²) in [6.45, 7) is 3.32.